The zero-order valence-electron chi connectivity index (χ0n) is 25.2. The van der Waals surface area contributed by atoms with Gasteiger partial charge in [-0.2, -0.15) is 0 Å². The fraction of sp³-hybridized carbons (Fsp3) is 0.471. The van der Waals surface area contributed by atoms with Crippen molar-refractivity contribution in [3.63, 3.8) is 0 Å². The van der Waals surface area contributed by atoms with E-state index in [1.54, 1.807) is 7.11 Å². The fourth-order valence-corrected chi connectivity index (χ4v) is 7.39. The van der Waals surface area contributed by atoms with Crippen molar-refractivity contribution in [3.05, 3.63) is 89.7 Å². The van der Waals surface area contributed by atoms with E-state index in [0.29, 0.717) is 32.6 Å². The molecule has 2 heterocycles. The van der Waals surface area contributed by atoms with Crippen molar-refractivity contribution >= 4 is 20.1 Å². The third kappa shape index (κ3) is 7.22. The number of hydrogen-bond acceptors (Lipinski definition) is 6. The van der Waals surface area contributed by atoms with E-state index in [1.807, 2.05) is 60.7 Å². The van der Waals surface area contributed by atoms with Crippen LogP contribution < -0.4 is 4.74 Å². The van der Waals surface area contributed by atoms with E-state index >= 15 is 0 Å². The van der Waals surface area contributed by atoms with E-state index in [-0.39, 0.29) is 35.9 Å². The van der Waals surface area contributed by atoms with Gasteiger partial charge in [-0.1, -0.05) is 48.5 Å². The summed E-state index contributed by atoms with van der Waals surface area (Å²) in [7, 11) is -0.276. The second-order valence-corrected chi connectivity index (χ2v) is 16.8. The van der Waals surface area contributed by atoms with Gasteiger partial charge < -0.3 is 18.6 Å². The zero-order chi connectivity index (χ0) is 29.7. The van der Waals surface area contributed by atoms with Crippen molar-refractivity contribution in [2.45, 2.75) is 70.7 Å². The topological polar surface area (TPSA) is 74.3 Å². The molecule has 0 aromatic heterocycles. The first-order chi connectivity index (χ1) is 20.2. The van der Waals surface area contributed by atoms with Gasteiger partial charge in [0.15, 0.2) is 8.32 Å². The van der Waals surface area contributed by atoms with Gasteiger partial charge in [-0.15, -0.1) is 0 Å². The molecule has 0 saturated carbocycles. The van der Waals surface area contributed by atoms with Crippen LogP contribution in [-0.2, 0) is 36.6 Å². The molecular formula is C34H43NO6Si. The summed E-state index contributed by atoms with van der Waals surface area (Å²) in [5.74, 6) is 0.462. The van der Waals surface area contributed by atoms with Crippen molar-refractivity contribution in [3.8, 4) is 5.75 Å². The van der Waals surface area contributed by atoms with Crippen LogP contribution in [0.15, 0.2) is 78.6 Å². The van der Waals surface area contributed by atoms with Crippen molar-refractivity contribution in [1.29, 1.82) is 0 Å². The van der Waals surface area contributed by atoms with Crippen LogP contribution in [0.4, 0.5) is 0 Å². The maximum absolute atomic E-state index is 13.8. The van der Waals surface area contributed by atoms with Crippen LogP contribution in [0.2, 0.25) is 19.6 Å². The fourth-order valence-electron chi connectivity index (χ4n) is 6.24. The molecule has 224 valence electrons. The lowest BCUT2D eigenvalue weighted by Gasteiger charge is -2.44. The summed E-state index contributed by atoms with van der Waals surface area (Å²) in [5.41, 5.74) is 2.08. The molecule has 0 spiro atoms. The molecule has 0 bridgehead atoms. The third-order valence-corrected chi connectivity index (χ3v) is 9.15. The average molecular weight is 590 g/mol. The third-order valence-electron chi connectivity index (χ3n) is 8.14. The van der Waals surface area contributed by atoms with E-state index < -0.39 is 14.2 Å². The summed E-state index contributed by atoms with van der Waals surface area (Å²) in [6, 6.07) is 17.6. The number of allylic oxidation sites excluding steroid dienone is 2. The largest absolute Gasteiger partial charge is 0.497 e. The Morgan fingerprint density at radius 2 is 1.74 bits per heavy atom. The SMILES string of the molecule is COc1ccc(COCCC/C=C/[C@@H]2C[C@H](O[Si](C)(C)C)[C@H]3C(=CC[C@H]4C(=O)N(Cc5ccccc5)C(=O)[C@@H]34)O2)cc1. The quantitative estimate of drug-likeness (QED) is 0.126. The molecule has 2 aromatic carbocycles. The molecule has 2 amide bonds. The number of nitrogens with zero attached hydrogens (tertiary/aromatic N) is 1. The Labute approximate surface area is 250 Å². The van der Waals surface area contributed by atoms with E-state index in [4.69, 9.17) is 18.6 Å². The minimum Gasteiger partial charge on any atom is -0.497 e. The van der Waals surface area contributed by atoms with Crippen molar-refractivity contribution in [2.24, 2.45) is 17.8 Å². The van der Waals surface area contributed by atoms with Gasteiger partial charge in [0.2, 0.25) is 11.8 Å². The minimum atomic E-state index is -1.94. The number of amides is 2. The molecular weight excluding hydrogens is 546 g/mol. The van der Waals surface area contributed by atoms with E-state index in [9.17, 15) is 9.59 Å². The molecule has 2 fully saturated rings. The van der Waals surface area contributed by atoms with Gasteiger partial charge in [-0.3, -0.25) is 14.5 Å². The lowest BCUT2D eigenvalue weighted by atomic mass is 9.71. The first kappa shape index (κ1) is 30.3. The van der Waals surface area contributed by atoms with Crippen molar-refractivity contribution in [1.82, 2.24) is 4.90 Å². The lowest BCUT2D eigenvalue weighted by Crippen LogP contribution is -2.49. The molecule has 5 rings (SSSR count). The molecule has 0 radical (unpaired) electrons. The van der Waals surface area contributed by atoms with Crippen LogP contribution in [0, 0.1) is 17.8 Å². The predicted molar refractivity (Wildman–Crippen MR) is 164 cm³/mol. The molecule has 0 N–H and O–H groups in total. The Morgan fingerprint density at radius 3 is 2.45 bits per heavy atom. The number of benzene rings is 2. The highest BCUT2D eigenvalue weighted by Crippen LogP contribution is 2.48. The Kier molecular flexibility index (Phi) is 9.66. The van der Waals surface area contributed by atoms with Crippen molar-refractivity contribution < 1.29 is 28.2 Å². The summed E-state index contributed by atoms with van der Waals surface area (Å²) in [6.45, 7) is 8.08. The van der Waals surface area contributed by atoms with Gasteiger partial charge in [0, 0.05) is 13.0 Å². The number of imide groups is 1. The van der Waals surface area contributed by atoms with E-state index in [0.717, 1.165) is 35.5 Å². The first-order valence-corrected chi connectivity index (χ1v) is 18.5. The highest BCUT2D eigenvalue weighted by atomic mass is 28.4. The zero-order valence-corrected chi connectivity index (χ0v) is 26.2. The Morgan fingerprint density at radius 1 is 0.976 bits per heavy atom. The first-order valence-electron chi connectivity index (χ1n) is 15.0. The highest BCUT2D eigenvalue weighted by Gasteiger charge is 2.57. The number of carbonyl (C=O) groups is 2. The summed E-state index contributed by atoms with van der Waals surface area (Å²) in [4.78, 5) is 28.6. The van der Waals surface area contributed by atoms with Gasteiger partial charge in [-0.05, 0) is 74.3 Å². The molecule has 3 aliphatic rings. The smallest absolute Gasteiger partial charge is 0.234 e. The average Bonchev–Trinajstić information content (AvgIpc) is 3.21. The van der Waals surface area contributed by atoms with Crippen LogP contribution in [0.25, 0.3) is 0 Å². The van der Waals surface area contributed by atoms with Crippen LogP contribution in [-0.4, -0.2) is 51.0 Å². The highest BCUT2D eigenvalue weighted by molar-refractivity contribution is 6.69. The minimum absolute atomic E-state index is 0.0767. The summed E-state index contributed by atoms with van der Waals surface area (Å²) >= 11 is 0. The number of hydrogen-bond donors (Lipinski definition) is 0. The molecule has 7 nitrogen and oxygen atoms in total. The molecule has 2 aliphatic heterocycles. The Hall–Kier alpha value is -3.20. The molecule has 8 heteroatoms. The van der Waals surface area contributed by atoms with Gasteiger partial charge >= 0.3 is 0 Å². The van der Waals surface area contributed by atoms with E-state index in [1.165, 1.54) is 4.90 Å². The summed E-state index contributed by atoms with van der Waals surface area (Å²) in [5, 5.41) is 0. The van der Waals surface area contributed by atoms with Crippen LogP contribution >= 0.6 is 0 Å². The number of unbranched alkanes of at least 4 members (excludes halogenated alkanes) is 1. The molecule has 0 unspecified atom stereocenters. The van der Waals surface area contributed by atoms with E-state index in [2.05, 4.69) is 31.8 Å². The number of likely N-dealkylation sites (tertiary alicyclic amines) is 1. The normalized spacial score (nSPS) is 25.7. The predicted octanol–water partition coefficient (Wildman–Crippen LogP) is 6.26. The number of fused-ring (bicyclic) bond motifs is 3. The van der Waals surface area contributed by atoms with Crippen LogP contribution in [0.5, 0.6) is 5.75 Å². The lowest BCUT2D eigenvalue weighted by molar-refractivity contribution is -0.141. The standard InChI is InChI=1S/C34H43NO6Si/c1-38-26-16-14-25(15-17-26)23-39-20-10-6-9-13-27-21-30(41-42(2,3)4)32-29(40-27)19-18-28-31(32)34(37)35(33(28)36)22-24-11-7-5-8-12-24/h5,7-9,11-17,19,27-28,30-32H,6,10,18,20-23H2,1-4H3/b13-9+/t27-,28-,30+,31-,32-/m1/s1. The number of carbonyl (C=O) groups excluding carboxylic acids is 2. The summed E-state index contributed by atoms with van der Waals surface area (Å²) < 4.78 is 24.2. The Bertz CT molecular complexity index is 1290. The monoisotopic (exact) mass is 589 g/mol. The van der Waals surface area contributed by atoms with Gasteiger partial charge in [0.25, 0.3) is 0 Å². The maximum Gasteiger partial charge on any atom is 0.234 e. The summed E-state index contributed by atoms with van der Waals surface area (Å²) in [6.07, 6.45) is 9.01. The van der Waals surface area contributed by atoms with Crippen LogP contribution in [0.1, 0.15) is 36.8 Å². The molecule has 5 atom stereocenters. The number of rotatable bonds is 12. The van der Waals surface area contributed by atoms with Gasteiger partial charge in [0.05, 0.1) is 49.9 Å². The molecule has 2 aromatic rings. The van der Waals surface area contributed by atoms with Gasteiger partial charge in [0.1, 0.15) is 11.9 Å². The molecule has 2 saturated heterocycles. The maximum atomic E-state index is 13.8. The molecule has 1 aliphatic carbocycles. The Balaban J connectivity index is 1.19. The van der Waals surface area contributed by atoms with Gasteiger partial charge in [-0.25, -0.2) is 0 Å². The van der Waals surface area contributed by atoms with Crippen LogP contribution in [0.3, 0.4) is 0 Å². The number of ether oxygens (including phenoxy) is 3. The van der Waals surface area contributed by atoms with Crippen molar-refractivity contribution in [2.75, 3.05) is 13.7 Å². The second kappa shape index (κ2) is 13.4. The number of methoxy groups -OCH3 is 1. The molecule has 42 heavy (non-hydrogen) atoms. The second-order valence-electron chi connectivity index (χ2n) is 12.4.